The Balaban J connectivity index is 2.71. The highest BCUT2D eigenvalue weighted by Crippen LogP contribution is 2.32. The van der Waals surface area contributed by atoms with Crippen molar-refractivity contribution in [1.29, 1.82) is 0 Å². The van der Waals surface area contributed by atoms with Crippen LogP contribution < -0.4 is 10.5 Å². The second kappa shape index (κ2) is 6.97. The quantitative estimate of drug-likeness (QED) is 0.545. The Morgan fingerprint density at radius 3 is 2.53 bits per heavy atom. The number of nitrogens with one attached hydrogen (secondary N) is 1. The van der Waals surface area contributed by atoms with Crippen LogP contribution in [0.15, 0.2) is 0 Å². The van der Waals surface area contributed by atoms with E-state index in [9.17, 15) is 8.42 Å². The highest BCUT2D eigenvalue weighted by molar-refractivity contribution is 7.89. The molecule has 7 heteroatoms. The molecule has 19 heavy (non-hydrogen) atoms. The number of hydrogen-bond donors (Lipinski definition) is 2. The minimum Gasteiger partial charge on any atom is -0.392 e. The summed E-state index contributed by atoms with van der Waals surface area (Å²) in [6.07, 6.45) is 3.73. The molecule has 0 aromatic rings. The fraction of sp³-hybridized carbons (Fsp3) is 0.917. The summed E-state index contributed by atoms with van der Waals surface area (Å²) < 4.78 is 31.8. The van der Waals surface area contributed by atoms with Gasteiger partial charge in [0.05, 0.1) is 16.3 Å². The molecule has 112 valence electrons. The zero-order valence-corrected chi connectivity index (χ0v) is 13.3. The monoisotopic (exact) mass is 308 g/mol. The Hall–Kier alpha value is -0.240. The van der Waals surface area contributed by atoms with Crippen LogP contribution in [0.5, 0.6) is 0 Å². The first kappa shape index (κ1) is 16.8. The average Bonchev–Trinajstić information content (AvgIpc) is 2.32. The minimum atomic E-state index is -3.37. The zero-order chi connectivity index (χ0) is 14.5. The Bertz CT molecular complexity index is 401. The van der Waals surface area contributed by atoms with E-state index in [1.807, 2.05) is 0 Å². The molecule has 1 saturated carbocycles. The van der Waals surface area contributed by atoms with E-state index in [1.165, 1.54) is 0 Å². The lowest BCUT2D eigenvalue weighted by atomic mass is 9.78. The Morgan fingerprint density at radius 2 is 2.05 bits per heavy atom. The summed E-state index contributed by atoms with van der Waals surface area (Å²) in [5.41, 5.74) is 5.06. The van der Waals surface area contributed by atoms with Crippen LogP contribution in [0.25, 0.3) is 0 Å². The van der Waals surface area contributed by atoms with E-state index in [-0.39, 0.29) is 10.7 Å². The van der Waals surface area contributed by atoms with Crippen LogP contribution in [0.2, 0.25) is 0 Å². The van der Waals surface area contributed by atoms with Crippen molar-refractivity contribution in [2.75, 3.05) is 19.5 Å². The smallest absolute Gasteiger partial charge is 0.212 e. The van der Waals surface area contributed by atoms with E-state index >= 15 is 0 Å². The number of hydrogen-bond acceptors (Lipinski definition) is 4. The lowest BCUT2D eigenvalue weighted by Crippen LogP contribution is -2.58. The van der Waals surface area contributed by atoms with E-state index in [4.69, 9.17) is 22.7 Å². The fourth-order valence-electron chi connectivity index (χ4n) is 2.40. The summed E-state index contributed by atoms with van der Waals surface area (Å²) in [6, 6.07) is 0. The maximum absolute atomic E-state index is 12.1. The Labute approximate surface area is 121 Å². The van der Waals surface area contributed by atoms with Crippen LogP contribution in [-0.2, 0) is 14.8 Å². The number of nitrogens with two attached hydrogens (primary N) is 1. The van der Waals surface area contributed by atoms with Gasteiger partial charge in [-0.05, 0) is 38.0 Å². The Kier molecular flexibility index (Phi) is 6.16. The molecule has 0 radical (unpaired) electrons. The standard InChI is InChI=1S/C12H24N2O3S2/c1-10-4-6-12(7-5-10,11(13)18)14-19(15,16)9-3-8-17-2/h10,14H,3-9H2,1-2H3,(H2,13,18). The normalized spacial score (nSPS) is 28.2. The van der Waals surface area contributed by atoms with Crippen molar-refractivity contribution in [3.05, 3.63) is 0 Å². The highest BCUT2D eigenvalue weighted by Gasteiger charge is 2.39. The van der Waals surface area contributed by atoms with Gasteiger partial charge in [0.15, 0.2) is 0 Å². The van der Waals surface area contributed by atoms with Crippen LogP contribution in [0, 0.1) is 5.92 Å². The van der Waals surface area contributed by atoms with Crippen LogP contribution >= 0.6 is 12.2 Å². The number of thiocarbonyl (C=S) groups is 1. The number of methoxy groups -OCH3 is 1. The van der Waals surface area contributed by atoms with E-state index in [0.717, 1.165) is 12.8 Å². The summed E-state index contributed by atoms with van der Waals surface area (Å²) in [7, 11) is -1.82. The molecule has 0 atom stereocenters. The molecule has 1 rings (SSSR count). The minimum absolute atomic E-state index is 0.0424. The third kappa shape index (κ3) is 4.98. The third-order valence-electron chi connectivity index (χ3n) is 3.71. The lowest BCUT2D eigenvalue weighted by molar-refractivity contribution is 0.199. The summed E-state index contributed by atoms with van der Waals surface area (Å²) in [5, 5.41) is 0. The predicted molar refractivity (Wildman–Crippen MR) is 80.6 cm³/mol. The average molecular weight is 308 g/mol. The first-order valence-electron chi connectivity index (χ1n) is 6.62. The molecule has 0 aromatic carbocycles. The number of ether oxygens (including phenoxy) is 1. The molecule has 0 bridgehead atoms. The molecule has 5 nitrogen and oxygen atoms in total. The van der Waals surface area contributed by atoms with Crippen molar-refractivity contribution in [1.82, 2.24) is 4.72 Å². The zero-order valence-electron chi connectivity index (χ0n) is 11.6. The number of rotatable bonds is 7. The van der Waals surface area contributed by atoms with Crippen LogP contribution in [0.3, 0.4) is 0 Å². The second-order valence-corrected chi connectivity index (χ2v) is 7.68. The van der Waals surface area contributed by atoms with Crippen LogP contribution in [0.4, 0.5) is 0 Å². The SMILES string of the molecule is COCCCS(=O)(=O)NC1(C(N)=S)CCC(C)CC1. The lowest BCUT2D eigenvalue weighted by Gasteiger charge is -2.38. The van der Waals surface area contributed by atoms with E-state index in [2.05, 4.69) is 11.6 Å². The van der Waals surface area contributed by atoms with Gasteiger partial charge >= 0.3 is 0 Å². The van der Waals surface area contributed by atoms with Gasteiger partial charge in [-0.1, -0.05) is 19.1 Å². The van der Waals surface area contributed by atoms with Crippen molar-refractivity contribution < 1.29 is 13.2 Å². The van der Waals surface area contributed by atoms with Gasteiger partial charge in [0.25, 0.3) is 0 Å². The van der Waals surface area contributed by atoms with Gasteiger partial charge < -0.3 is 10.5 Å². The van der Waals surface area contributed by atoms with E-state index in [0.29, 0.717) is 31.8 Å². The van der Waals surface area contributed by atoms with Crippen molar-refractivity contribution in [2.24, 2.45) is 11.7 Å². The van der Waals surface area contributed by atoms with Crippen LogP contribution in [0.1, 0.15) is 39.0 Å². The molecular formula is C12H24N2O3S2. The van der Waals surface area contributed by atoms with Gasteiger partial charge in [0, 0.05) is 13.7 Å². The third-order valence-corrected chi connectivity index (χ3v) is 5.63. The molecule has 0 aliphatic heterocycles. The maximum Gasteiger partial charge on any atom is 0.212 e. The first-order valence-corrected chi connectivity index (χ1v) is 8.68. The molecule has 0 aromatic heterocycles. The highest BCUT2D eigenvalue weighted by atomic mass is 32.2. The molecule has 1 aliphatic carbocycles. The molecular weight excluding hydrogens is 284 g/mol. The van der Waals surface area contributed by atoms with Crippen molar-refractivity contribution in [3.8, 4) is 0 Å². The number of sulfonamides is 1. The summed E-state index contributed by atoms with van der Waals surface area (Å²) in [6.45, 7) is 2.59. The molecule has 0 heterocycles. The van der Waals surface area contributed by atoms with Gasteiger partial charge in [0.2, 0.25) is 10.0 Å². The van der Waals surface area contributed by atoms with E-state index in [1.54, 1.807) is 7.11 Å². The summed E-state index contributed by atoms with van der Waals surface area (Å²) in [5.74, 6) is 0.640. The molecule has 0 amide bonds. The second-order valence-electron chi connectivity index (χ2n) is 5.40. The van der Waals surface area contributed by atoms with E-state index < -0.39 is 15.6 Å². The first-order chi connectivity index (χ1) is 8.81. The fourth-order valence-corrected chi connectivity index (χ4v) is 4.22. The van der Waals surface area contributed by atoms with Gasteiger partial charge in [-0.15, -0.1) is 0 Å². The molecule has 0 saturated heterocycles. The predicted octanol–water partition coefficient (Wildman–Crippen LogP) is 1.18. The van der Waals surface area contributed by atoms with Crippen molar-refractivity contribution in [3.63, 3.8) is 0 Å². The molecule has 0 unspecified atom stereocenters. The maximum atomic E-state index is 12.1. The molecule has 3 N–H and O–H groups in total. The topological polar surface area (TPSA) is 81.4 Å². The largest absolute Gasteiger partial charge is 0.392 e. The van der Waals surface area contributed by atoms with Gasteiger partial charge in [-0.25, -0.2) is 13.1 Å². The summed E-state index contributed by atoms with van der Waals surface area (Å²) in [4.78, 5) is 0.259. The van der Waals surface area contributed by atoms with Crippen LogP contribution in [-0.4, -0.2) is 38.4 Å². The molecule has 0 spiro atoms. The van der Waals surface area contributed by atoms with Crippen molar-refractivity contribution >= 4 is 27.2 Å². The summed E-state index contributed by atoms with van der Waals surface area (Å²) >= 11 is 5.10. The van der Waals surface area contributed by atoms with Gasteiger partial charge in [-0.3, -0.25) is 0 Å². The van der Waals surface area contributed by atoms with Crippen molar-refractivity contribution in [2.45, 2.75) is 44.6 Å². The van der Waals surface area contributed by atoms with Gasteiger partial charge in [0.1, 0.15) is 0 Å². The molecule has 1 aliphatic rings. The van der Waals surface area contributed by atoms with Gasteiger partial charge in [-0.2, -0.15) is 0 Å². The Morgan fingerprint density at radius 1 is 1.47 bits per heavy atom. The molecule has 1 fully saturated rings.